The Labute approximate surface area is 177 Å². The van der Waals surface area contributed by atoms with Crippen LogP contribution in [0.2, 0.25) is 0 Å². The van der Waals surface area contributed by atoms with Gasteiger partial charge in [0.1, 0.15) is 6.54 Å². The minimum absolute atomic E-state index is 0.612. The molecule has 0 unspecified atom stereocenters. The summed E-state index contributed by atoms with van der Waals surface area (Å²) in [5, 5.41) is 0. The van der Waals surface area contributed by atoms with Crippen molar-refractivity contribution in [1.82, 2.24) is 0 Å². The van der Waals surface area contributed by atoms with Crippen molar-refractivity contribution in [1.29, 1.82) is 0 Å². The molecule has 0 aliphatic carbocycles. The van der Waals surface area contributed by atoms with Gasteiger partial charge in [0.05, 0.1) is 0 Å². The highest BCUT2D eigenvalue weighted by Crippen LogP contribution is 2.24. The van der Waals surface area contributed by atoms with Crippen molar-refractivity contribution >= 4 is 0 Å². The van der Waals surface area contributed by atoms with Crippen LogP contribution in [-0.2, 0) is 6.54 Å². The monoisotopic (exact) mass is 388 g/mol. The van der Waals surface area contributed by atoms with Gasteiger partial charge in [-0.25, -0.2) is 4.57 Å². The third kappa shape index (κ3) is 11.2. The Bertz CT molecular complexity index is 489. The average Bonchev–Trinajstić information content (AvgIpc) is 2.68. The van der Waals surface area contributed by atoms with E-state index in [0.717, 1.165) is 0 Å². The Morgan fingerprint density at radius 3 is 1.46 bits per heavy atom. The predicted molar refractivity (Wildman–Crippen MR) is 125 cm³/mol. The number of hydrogen-bond acceptors (Lipinski definition) is 0. The molecule has 162 valence electrons. The van der Waals surface area contributed by atoms with Crippen molar-refractivity contribution < 1.29 is 4.57 Å². The molecule has 0 spiro atoms. The van der Waals surface area contributed by atoms with Crippen LogP contribution in [-0.4, -0.2) is 0 Å². The van der Waals surface area contributed by atoms with Crippen LogP contribution >= 0.6 is 0 Å². The van der Waals surface area contributed by atoms with Gasteiger partial charge in [-0.05, 0) is 23.8 Å². The van der Waals surface area contributed by atoms with Crippen molar-refractivity contribution in [3.63, 3.8) is 0 Å². The van der Waals surface area contributed by atoms with E-state index >= 15 is 0 Å². The first-order valence-corrected chi connectivity index (χ1v) is 12.6. The fraction of sp³-hybridized carbons (Fsp3) is 0.815. The first kappa shape index (κ1) is 25.2. The predicted octanol–water partition coefficient (Wildman–Crippen LogP) is 8.70. The molecule has 1 aromatic rings. The van der Waals surface area contributed by atoms with E-state index in [2.05, 4.69) is 57.6 Å². The first-order valence-electron chi connectivity index (χ1n) is 12.6. The Balaban J connectivity index is 2.04. The van der Waals surface area contributed by atoms with Gasteiger partial charge < -0.3 is 0 Å². The van der Waals surface area contributed by atoms with Gasteiger partial charge in [-0.1, -0.05) is 112 Å². The Morgan fingerprint density at radius 2 is 1.04 bits per heavy atom. The molecule has 0 saturated carbocycles. The van der Waals surface area contributed by atoms with Crippen LogP contribution in [0.15, 0.2) is 18.5 Å². The second-order valence-electron chi connectivity index (χ2n) is 9.50. The molecular weight excluding hydrogens is 338 g/mol. The number of rotatable bonds is 17. The number of pyridine rings is 1. The third-order valence-electron chi connectivity index (χ3n) is 6.10. The Kier molecular flexibility index (Phi) is 14.4. The topological polar surface area (TPSA) is 3.88 Å². The maximum absolute atomic E-state index is 2.42. The van der Waals surface area contributed by atoms with Gasteiger partial charge in [0.15, 0.2) is 12.4 Å². The van der Waals surface area contributed by atoms with Gasteiger partial charge in [-0.15, -0.1) is 0 Å². The zero-order chi connectivity index (χ0) is 20.6. The van der Waals surface area contributed by atoms with E-state index in [1.807, 2.05) is 0 Å². The maximum atomic E-state index is 2.42. The van der Waals surface area contributed by atoms with E-state index in [1.54, 1.807) is 0 Å². The fourth-order valence-corrected chi connectivity index (χ4v) is 4.20. The van der Waals surface area contributed by atoms with Crippen molar-refractivity contribution in [2.24, 2.45) is 0 Å². The Hall–Kier alpha value is -0.850. The quantitative estimate of drug-likeness (QED) is 0.185. The lowest BCUT2D eigenvalue weighted by atomic mass is 9.92. The first-order chi connectivity index (χ1) is 13.6. The highest BCUT2D eigenvalue weighted by atomic mass is 14.9. The number of aromatic nitrogens is 1. The summed E-state index contributed by atoms with van der Waals surface area (Å²) in [6.07, 6.45) is 24.7. The molecule has 0 bridgehead atoms. The van der Waals surface area contributed by atoms with Crippen molar-refractivity contribution in [2.75, 3.05) is 0 Å². The van der Waals surface area contributed by atoms with Crippen molar-refractivity contribution in [3.05, 3.63) is 29.6 Å². The summed E-state index contributed by atoms with van der Waals surface area (Å²) in [7, 11) is 0. The van der Waals surface area contributed by atoms with E-state index < -0.39 is 0 Å². The summed E-state index contributed by atoms with van der Waals surface area (Å²) in [6, 6.07) is 2.35. The molecule has 0 saturated heterocycles. The standard InChI is InChI=1S/C27H50N/c1-6-7-8-9-10-11-12-13-14-15-16-17-18-19-21-28-22-20-26(24(2)3)27(23-28)25(4)5/h20,22-25H,6-19,21H2,1-5H3/q+1. The van der Waals surface area contributed by atoms with Crippen molar-refractivity contribution in [2.45, 2.75) is 143 Å². The molecule has 1 aromatic heterocycles. The Morgan fingerprint density at radius 1 is 0.607 bits per heavy atom. The second-order valence-corrected chi connectivity index (χ2v) is 9.50. The van der Waals surface area contributed by atoms with Crippen LogP contribution in [0.25, 0.3) is 0 Å². The smallest absolute Gasteiger partial charge is 0.172 e. The molecule has 0 fully saturated rings. The molecule has 0 N–H and O–H groups in total. The lowest BCUT2D eigenvalue weighted by molar-refractivity contribution is -0.697. The molecule has 28 heavy (non-hydrogen) atoms. The van der Waals surface area contributed by atoms with Crippen LogP contribution in [0.4, 0.5) is 0 Å². The molecule has 0 aromatic carbocycles. The second kappa shape index (κ2) is 16.0. The summed E-state index contributed by atoms with van der Waals surface area (Å²) < 4.78 is 2.42. The van der Waals surface area contributed by atoms with Gasteiger partial charge in [-0.2, -0.15) is 0 Å². The molecule has 0 aliphatic heterocycles. The van der Waals surface area contributed by atoms with Gasteiger partial charge >= 0.3 is 0 Å². The highest BCUT2D eigenvalue weighted by molar-refractivity contribution is 5.27. The largest absolute Gasteiger partial charge is 0.205 e. The van der Waals surface area contributed by atoms with E-state index in [-0.39, 0.29) is 0 Å². The van der Waals surface area contributed by atoms with Gasteiger partial charge in [0.25, 0.3) is 0 Å². The summed E-state index contributed by atoms with van der Waals surface area (Å²) >= 11 is 0. The summed E-state index contributed by atoms with van der Waals surface area (Å²) in [4.78, 5) is 0. The average molecular weight is 389 g/mol. The number of unbranched alkanes of at least 4 members (excludes halogenated alkanes) is 13. The third-order valence-corrected chi connectivity index (χ3v) is 6.10. The minimum atomic E-state index is 0.612. The summed E-state index contributed by atoms with van der Waals surface area (Å²) in [6.45, 7) is 12.7. The van der Waals surface area contributed by atoms with E-state index in [0.29, 0.717) is 11.8 Å². The van der Waals surface area contributed by atoms with Gasteiger partial charge in [-0.3, -0.25) is 0 Å². The molecule has 0 radical (unpaired) electrons. The zero-order valence-corrected chi connectivity index (χ0v) is 19.9. The molecule has 1 nitrogen and oxygen atoms in total. The van der Waals surface area contributed by atoms with E-state index in [9.17, 15) is 0 Å². The lowest BCUT2D eigenvalue weighted by Gasteiger charge is -2.14. The molecule has 1 rings (SSSR count). The lowest BCUT2D eigenvalue weighted by Crippen LogP contribution is -2.34. The fourth-order valence-electron chi connectivity index (χ4n) is 4.20. The highest BCUT2D eigenvalue weighted by Gasteiger charge is 2.14. The van der Waals surface area contributed by atoms with Crippen LogP contribution in [0.3, 0.4) is 0 Å². The van der Waals surface area contributed by atoms with E-state index in [4.69, 9.17) is 0 Å². The molecule has 0 amide bonds. The molecular formula is C27H50N+. The molecule has 0 aliphatic rings. The van der Waals surface area contributed by atoms with Gasteiger partial charge in [0.2, 0.25) is 0 Å². The summed E-state index contributed by atoms with van der Waals surface area (Å²) in [5.41, 5.74) is 3.05. The zero-order valence-electron chi connectivity index (χ0n) is 19.9. The van der Waals surface area contributed by atoms with Crippen LogP contribution in [0, 0.1) is 0 Å². The van der Waals surface area contributed by atoms with E-state index in [1.165, 1.54) is 108 Å². The maximum Gasteiger partial charge on any atom is 0.172 e. The van der Waals surface area contributed by atoms with Crippen molar-refractivity contribution in [3.8, 4) is 0 Å². The van der Waals surface area contributed by atoms with Crippen LogP contribution in [0.5, 0.6) is 0 Å². The molecule has 1 heteroatoms. The number of hydrogen-bond donors (Lipinski definition) is 0. The normalized spacial score (nSPS) is 11.7. The minimum Gasteiger partial charge on any atom is -0.205 e. The SMILES string of the molecule is CCCCCCCCCCCCCCCC[n+]1ccc(C(C)C)c(C(C)C)c1. The van der Waals surface area contributed by atoms with Crippen LogP contribution in [0.1, 0.15) is 147 Å². The number of nitrogens with zero attached hydrogens (tertiary/aromatic N) is 1. The van der Waals surface area contributed by atoms with Gasteiger partial charge in [0, 0.05) is 18.1 Å². The molecule has 0 atom stereocenters. The summed E-state index contributed by atoms with van der Waals surface area (Å²) in [5.74, 6) is 1.23. The number of aryl methyl sites for hydroxylation is 1. The molecule has 1 heterocycles. The van der Waals surface area contributed by atoms with Crippen LogP contribution < -0.4 is 4.57 Å².